The van der Waals surface area contributed by atoms with Gasteiger partial charge in [-0.3, -0.25) is 0 Å². The smallest absolute Gasteiger partial charge is 1.00 e. The van der Waals surface area contributed by atoms with Crippen LogP contribution >= 0.6 is 11.3 Å². The Morgan fingerprint density at radius 3 is 2.19 bits per heavy atom. The van der Waals surface area contributed by atoms with E-state index in [2.05, 4.69) is 114 Å². The number of aryl methyl sites for hydroxylation is 1. The van der Waals surface area contributed by atoms with E-state index in [1.165, 1.54) is 33.0 Å². The molecule has 0 fully saturated rings. The Labute approximate surface area is 253 Å². The van der Waals surface area contributed by atoms with Crippen molar-refractivity contribution >= 4 is 35.4 Å². The summed E-state index contributed by atoms with van der Waals surface area (Å²) in [5.41, 5.74) is 9.89. The molecule has 0 saturated carbocycles. The van der Waals surface area contributed by atoms with E-state index >= 15 is 0 Å². The number of rotatable bonds is 2. The van der Waals surface area contributed by atoms with Crippen LogP contribution in [-0.4, -0.2) is 8.07 Å². The summed E-state index contributed by atoms with van der Waals surface area (Å²) in [6, 6.07) is 22.6. The van der Waals surface area contributed by atoms with Crippen LogP contribution in [-0.2, 0) is 38.0 Å². The molecule has 3 aliphatic rings. The van der Waals surface area contributed by atoms with Crippen LogP contribution in [0.3, 0.4) is 0 Å². The van der Waals surface area contributed by atoms with Gasteiger partial charge < -0.3 is 24.8 Å². The molecule has 36 heavy (non-hydrogen) atoms. The minimum absolute atomic E-state index is 0. The number of halogens is 2. The Hall–Kier alpha value is -0.830. The van der Waals surface area contributed by atoms with Crippen LogP contribution in [0.2, 0.25) is 13.1 Å². The Morgan fingerprint density at radius 2 is 1.64 bits per heavy atom. The summed E-state index contributed by atoms with van der Waals surface area (Å²) >= 11 is 1.94. The van der Waals surface area contributed by atoms with Crippen molar-refractivity contribution in [1.29, 1.82) is 0 Å². The third-order valence-corrected chi connectivity index (χ3v) is 13.0. The molecule has 3 heterocycles. The van der Waals surface area contributed by atoms with Gasteiger partial charge in [0.2, 0.25) is 0 Å². The molecular weight excluding hydrogens is 595 g/mol. The molecule has 1 aliphatic carbocycles. The predicted octanol–water partition coefficient (Wildman–Crippen LogP) is 3.51. The summed E-state index contributed by atoms with van der Waals surface area (Å²) in [5.74, 6) is 0. The zero-order chi connectivity index (χ0) is 23.5. The van der Waals surface area contributed by atoms with Crippen LogP contribution in [0, 0.1) is 0 Å². The average molecular weight is 630 g/mol. The van der Waals surface area contributed by atoms with E-state index in [-0.39, 0.29) is 56.4 Å². The van der Waals surface area contributed by atoms with Gasteiger partial charge in [-0.2, -0.15) is 6.07 Å². The fourth-order valence-electron chi connectivity index (χ4n) is 6.01. The second-order valence-corrected chi connectivity index (χ2v) is 16.7. The van der Waals surface area contributed by atoms with Crippen molar-refractivity contribution in [2.45, 2.75) is 65.1 Å². The van der Waals surface area contributed by atoms with Gasteiger partial charge in [0.05, 0.1) is 8.07 Å². The number of hydrogen-bond acceptors (Lipinski definition) is 1. The van der Waals surface area contributed by atoms with Gasteiger partial charge in [-0.15, -0.1) is 45.9 Å². The van der Waals surface area contributed by atoms with Gasteiger partial charge in [0.25, 0.3) is 0 Å². The van der Waals surface area contributed by atoms with Gasteiger partial charge >= 0.3 is 26.2 Å². The third kappa shape index (κ3) is 5.21. The van der Waals surface area contributed by atoms with E-state index < -0.39 is 8.07 Å². The van der Waals surface area contributed by atoms with Crippen molar-refractivity contribution < 1.29 is 51.0 Å². The molecule has 0 spiro atoms. The average Bonchev–Trinajstić information content (AvgIpc) is 3.49. The molecular formula is C31H35Cl2SSiZr. The number of allylic oxidation sites excluding steroid dienone is 1. The van der Waals surface area contributed by atoms with Gasteiger partial charge in [-0.25, -0.2) is 0 Å². The summed E-state index contributed by atoms with van der Waals surface area (Å²) < 4.78 is 0. The minimum atomic E-state index is -0.972. The Bertz CT molecular complexity index is 1370. The maximum absolute atomic E-state index is 2.51. The third-order valence-electron chi connectivity index (χ3n) is 7.71. The number of thiophene rings is 1. The van der Waals surface area contributed by atoms with Crippen molar-refractivity contribution in [3.8, 4) is 11.1 Å². The molecule has 2 bridgehead atoms. The van der Waals surface area contributed by atoms with E-state index in [0.29, 0.717) is 0 Å². The largest absolute Gasteiger partial charge is 3.00 e. The first-order valence-electron chi connectivity index (χ1n) is 12.2. The summed E-state index contributed by atoms with van der Waals surface area (Å²) in [7, 11) is -0.972. The molecule has 0 N–H and O–H groups in total. The molecule has 187 valence electrons. The summed E-state index contributed by atoms with van der Waals surface area (Å²) in [6.07, 6.45) is 1.09. The molecule has 4 aromatic rings. The molecule has 0 saturated heterocycles. The zero-order valence-corrected chi connectivity index (χ0v) is 28.1. The van der Waals surface area contributed by atoms with Crippen molar-refractivity contribution in [2.24, 2.45) is 0 Å². The molecule has 0 nitrogen and oxygen atoms in total. The van der Waals surface area contributed by atoms with Crippen molar-refractivity contribution in [3.05, 3.63) is 93.2 Å². The molecule has 0 amide bonds. The molecule has 5 heteroatoms. The summed E-state index contributed by atoms with van der Waals surface area (Å²) in [4.78, 5) is 1.63. The topological polar surface area (TPSA) is 0 Å². The summed E-state index contributed by atoms with van der Waals surface area (Å²) in [6.45, 7) is 16.3. The normalized spacial score (nSPS) is 16.6. The van der Waals surface area contributed by atoms with Gasteiger partial charge in [0.1, 0.15) is 0 Å². The van der Waals surface area contributed by atoms with Crippen LogP contribution in [0.4, 0.5) is 0 Å². The number of fused-ring (bicyclic) bond motifs is 1. The molecule has 1 aromatic heterocycles. The standard InChI is InChI=1S/C21H23.C10H12SSi.2ClH.Zr/c1-5-15-13-17-7-6-8-19(20(17)14-15)16-9-11-18(12-10-16)21(2,3)4;1-6-9-7-4-5-11-8(7)10(6)12(9,2)3;;;/h6-14H,5H2,1-4H3;4-5,9H,1-3H3;2*1H;/q-1;;;;+3/p-2. The second kappa shape index (κ2) is 11.5. The SMILES string of the molecule is CC1=C2c3sccc3C1[Si]2(C)C.CCc1cc2c(-c3ccc(C(C)(C)C)cc3)cccc2[cH-]1.[Cl-].[Cl-].[Zr+3]. The zero-order valence-electron chi connectivity index (χ0n) is 22.3. The van der Waals surface area contributed by atoms with E-state index in [9.17, 15) is 0 Å². The van der Waals surface area contributed by atoms with Gasteiger partial charge in [-0.1, -0.05) is 82.3 Å². The number of hydrogen-bond donors (Lipinski definition) is 0. The monoisotopic (exact) mass is 627 g/mol. The van der Waals surface area contributed by atoms with Crippen LogP contribution in [0.5, 0.6) is 0 Å². The van der Waals surface area contributed by atoms with E-state index in [0.717, 1.165) is 12.0 Å². The van der Waals surface area contributed by atoms with E-state index in [4.69, 9.17) is 0 Å². The van der Waals surface area contributed by atoms with Crippen LogP contribution < -0.4 is 24.8 Å². The van der Waals surface area contributed by atoms with Crippen LogP contribution in [0.1, 0.15) is 61.7 Å². The minimum Gasteiger partial charge on any atom is -1.00 e. The molecule has 3 aromatic carbocycles. The fourth-order valence-corrected chi connectivity index (χ4v) is 12.2. The molecule has 1 atom stereocenters. The first kappa shape index (κ1) is 31.4. The maximum Gasteiger partial charge on any atom is 3.00 e. The Kier molecular flexibility index (Phi) is 10.0. The van der Waals surface area contributed by atoms with Crippen molar-refractivity contribution in [1.82, 2.24) is 0 Å². The maximum atomic E-state index is 2.51. The molecule has 1 radical (unpaired) electrons. The number of benzene rings is 2. The van der Waals surface area contributed by atoms with Gasteiger partial charge in [0, 0.05) is 10.4 Å². The Morgan fingerprint density at radius 1 is 0.972 bits per heavy atom. The first-order chi connectivity index (χ1) is 15.6. The van der Waals surface area contributed by atoms with E-state index in [1.807, 2.05) is 11.3 Å². The Balaban J connectivity index is 0.000000261. The van der Waals surface area contributed by atoms with Gasteiger partial charge in [0.15, 0.2) is 0 Å². The van der Waals surface area contributed by atoms with Gasteiger partial charge in [-0.05, 0) is 52.1 Å². The molecule has 7 rings (SSSR count). The molecule has 1 unspecified atom stereocenters. The van der Waals surface area contributed by atoms with E-state index in [1.54, 1.807) is 21.2 Å². The second-order valence-electron chi connectivity index (χ2n) is 11.3. The molecule has 2 aliphatic heterocycles. The first-order valence-corrected chi connectivity index (χ1v) is 16.2. The summed E-state index contributed by atoms with van der Waals surface area (Å²) in [5, 5.41) is 6.74. The van der Waals surface area contributed by atoms with Crippen LogP contribution in [0.15, 0.2) is 71.6 Å². The predicted molar refractivity (Wildman–Crippen MR) is 150 cm³/mol. The van der Waals surface area contributed by atoms with Crippen molar-refractivity contribution in [2.75, 3.05) is 0 Å². The quantitative estimate of drug-likeness (QED) is 0.235. The van der Waals surface area contributed by atoms with Crippen LogP contribution in [0.25, 0.3) is 27.1 Å². The fraction of sp³-hybridized carbons (Fsp3) is 0.323. The van der Waals surface area contributed by atoms with Crippen molar-refractivity contribution in [3.63, 3.8) is 0 Å².